The van der Waals surface area contributed by atoms with E-state index in [-0.39, 0.29) is 0 Å². The summed E-state index contributed by atoms with van der Waals surface area (Å²) < 4.78 is 1.15. The SMILES string of the molecule is Cc1cccc(CN2CCN(Cc3ccc(Br)cc3)CC2)c1. The van der Waals surface area contributed by atoms with Crippen LogP contribution in [0.25, 0.3) is 0 Å². The standard InChI is InChI=1S/C19H23BrN2/c1-16-3-2-4-18(13-16)15-22-11-9-21(10-12-22)14-17-5-7-19(20)8-6-17/h2-8,13H,9-12,14-15H2,1H3. The first-order valence-corrected chi connectivity index (χ1v) is 8.73. The molecule has 1 aliphatic heterocycles. The summed E-state index contributed by atoms with van der Waals surface area (Å²) in [5.74, 6) is 0. The third-order valence-corrected chi connectivity index (χ3v) is 4.80. The lowest BCUT2D eigenvalue weighted by molar-refractivity contribution is 0.122. The maximum absolute atomic E-state index is 3.49. The molecule has 22 heavy (non-hydrogen) atoms. The van der Waals surface area contributed by atoms with Gasteiger partial charge in [0.05, 0.1) is 0 Å². The van der Waals surface area contributed by atoms with Gasteiger partial charge in [-0.05, 0) is 30.2 Å². The van der Waals surface area contributed by atoms with E-state index in [0.717, 1.165) is 43.7 Å². The molecule has 0 spiro atoms. The van der Waals surface area contributed by atoms with Gasteiger partial charge in [0.25, 0.3) is 0 Å². The summed E-state index contributed by atoms with van der Waals surface area (Å²) >= 11 is 3.49. The van der Waals surface area contributed by atoms with Crippen molar-refractivity contribution in [3.05, 3.63) is 69.7 Å². The number of benzene rings is 2. The van der Waals surface area contributed by atoms with Crippen LogP contribution in [0.2, 0.25) is 0 Å². The molecule has 1 saturated heterocycles. The van der Waals surface area contributed by atoms with E-state index in [1.807, 2.05) is 0 Å². The molecule has 0 bridgehead atoms. The van der Waals surface area contributed by atoms with Crippen LogP contribution < -0.4 is 0 Å². The fraction of sp³-hybridized carbons (Fsp3) is 0.368. The van der Waals surface area contributed by atoms with Gasteiger partial charge < -0.3 is 0 Å². The number of hydrogen-bond acceptors (Lipinski definition) is 2. The summed E-state index contributed by atoms with van der Waals surface area (Å²) in [5, 5.41) is 0. The molecule has 2 aromatic rings. The average Bonchev–Trinajstić information content (AvgIpc) is 2.52. The Morgan fingerprint density at radius 1 is 0.818 bits per heavy atom. The van der Waals surface area contributed by atoms with E-state index in [0.29, 0.717) is 0 Å². The second-order valence-electron chi connectivity index (χ2n) is 6.17. The van der Waals surface area contributed by atoms with Gasteiger partial charge in [-0.15, -0.1) is 0 Å². The first-order chi connectivity index (χ1) is 10.7. The van der Waals surface area contributed by atoms with Gasteiger partial charge in [-0.3, -0.25) is 9.80 Å². The molecule has 2 nitrogen and oxygen atoms in total. The molecule has 0 amide bonds. The quantitative estimate of drug-likeness (QED) is 0.812. The molecule has 1 heterocycles. The van der Waals surface area contributed by atoms with E-state index in [4.69, 9.17) is 0 Å². The number of rotatable bonds is 4. The van der Waals surface area contributed by atoms with E-state index < -0.39 is 0 Å². The van der Waals surface area contributed by atoms with Gasteiger partial charge in [-0.25, -0.2) is 0 Å². The van der Waals surface area contributed by atoms with Crippen LogP contribution in [0.15, 0.2) is 53.0 Å². The molecule has 0 unspecified atom stereocenters. The Hall–Kier alpha value is -1.16. The van der Waals surface area contributed by atoms with Crippen LogP contribution in [-0.4, -0.2) is 36.0 Å². The minimum absolute atomic E-state index is 1.06. The molecular weight excluding hydrogens is 336 g/mol. The predicted octanol–water partition coefficient (Wildman–Crippen LogP) is 4.08. The molecule has 3 rings (SSSR count). The van der Waals surface area contributed by atoms with Crippen molar-refractivity contribution in [2.75, 3.05) is 26.2 Å². The van der Waals surface area contributed by atoms with Gasteiger partial charge in [0.2, 0.25) is 0 Å². The highest BCUT2D eigenvalue weighted by Crippen LogP contribution is 2.15. The minimum atomic E-state index is 1.06. The lowest BCUT2D eigenvalue weighted by atomic mass is 10.1. The van der Waals surface area contributed by atoms with Crippen LogP contribution >= 0.6 is 15.9 Å². The van der Waals surface area contributed by atoms with E-state index in [9.17, 15) is 0 Å². The molecule has 0 saturated carbocycles. The summed E-state index contributed by atoms with van der Waals surface area (Å²) in [6, 6.07) is 17.5. The fourth-order valence-corrected chi connectivity index (χ4v) is 3.29. The van der Waals surface area contributed by atoms with Crippen molar-refractivity contribution in [1.82, 2.24) is 9.80 Å². The highest BCUT2D eigenvalue weighted by Gasteiger charge is 2.17. The van der Waals surface area contributed by atoms with Gasteiger partial charge in [0.15, 0.2) is 0 Å². The highest BCUT2D eigenvalue weighted by molar-refractivity contribution is 9.10. The van der Waals surface area contributed by atoms with E-state index in [1.165, 1.54) is 16.7 Å². The molecule has 2 aromatic carbocycles. The lowest BCUT2D eigenvalue weighted by Crippen LogP contribution is -2.45. The molecule has 0 atom stereocenters. The molecule has 0 N–H and O–H groups in total. The normalized spacial score (nSPS) is 16.8. The maximum Gasteiger partial charge on any atom is 0.0234 e. The number of piperazine rings is 1. The summed E-state index contributed by atoms with van der Waals surface area (Å²) in [5.41, 5.74) is 4.18. The van der Waals surface area contributed by atoms with Crippen molar-refractivity contribution in [2.24, 2.45) is 0 Å². The second kappa shape index (κ2) is 7.40. The molecular formula is C19H23BrN2. The Balaban J connectivity index is 1.49. The van der Waals surface area contributed by atoms with Gasteiger partial charge in [-0.2, -0.15) is 0 Å². The van der Waals surface area contributed by atoms with Crippen molar-refractivity contribution >= 4 is 15.9 Å². The number of nitrogens with zero attached hydrogens (tertiary/aromatic N) is 2. The maximum atomic E-state index is 3.49. The predicted molar refractivity (Wildman–Crippen MR) is 95.9 cm³/mol. The molecule has 0 aromatic heterocycles. The van der Waals surface area contributed by atoms with Crippen LogP contribution in [0.4, 0.5) is 0 Å². The van der Waals surface area contributed by atoms with Crippen LogP contribution in [0.5, 0.6) is 0 Å². The lowest BCUT2D eigenvalue weighted by Gasteiger charge is -2.34. The topological polar surface area (TPSA) is 6.48 Å². The Morgan fingerprint density at radius 3 is 2.00 bits per heavy atom. The van der Waals surface area contributed by atoms with Crippen LogP contribution in [0.1, 0.15) is 16.7 Å². The zero-order valence-electron chi connectivity index (χ0n) is 13.1. The van der Waals surface area contributed by atoms with E-state index in [1.54, 1.807) is 0 Å². The van der Waals surface area contributed by atoms with Gasteiger partial charge in [-0.1, -0.05) is 57.9 Å². The molecule has 1 fully saturated rings. The summed E-state index contributed by atoms with van der Waals surface area (Å²) in [6.07, 6.45) is 0. The van der Waals surface area contributed by atoms with Gasteiger partial charge in [0.1, 0.15) is 0 Å². The third-order valence-electron chi connectivity index (χ3n) is 4.27. The van der Waals surface area contributed by atoms with Crippen molar-refractivity contribution in [3.8, 4) is 0 Å². The van der Waals surface area contributed by atoms with Crippen LogP contribution in [0.3, 0.4) is 0 Å². The largest absolute Gasteiger partial charge is 0.297 e. The monoisotopic (exact) mass is 358 g/mol. The Kier molecular flexibility index (Phi) is 5.29. The number of aryl methyl sites for hydroxylation is 1. The zero-order valence-corrected chi connectivity index (χ0v) is 14.7. The van der Waals surface area contributed by atoms with Crippen molar-refractivity contribution in [3.63, 3.8) is 0 Å². The van der Waals surface area contributed by atoms with Crippen molar-refractivity contribution in [2.45, 2.75) is 20.0 Å². The Bertz CT molecular complexity index is 601. The zero-order chi connectivity index (χ0) is 15.4. The van der Waals surface area contributed by atoms with Gasteiger partial charge in [0, 0.05) is 43.7 Å². The van der Waals surface area contributed by atoms with Crippen molar-refractivity contribution < 1.29 is 0 Å². The third kappa shape index (κ3) is 4.42. The Morgan fingerprint density at radius 2 is 1.41 bits per heavy atom. The average molecular weight is 359 g/mol. The molecule has 0 radical (unpaired) electrons. The van der Waals surface area contributed by atoms with Gasteiger partial charge >= 0.3 is 0 Å². The number of hydrogen-bond donors (Lipinski definition) is 0. The molecule has 116 valence electrons. The summed E-state index contributed by atoms with van der Waals surface area (Å²) in [4.78, 5) is 5.11. The molecule has 1 aliphatic rings. The van der Waals surface area contributed by atoms with E-state index in [2.05, 4.69) is 81.2 Å². The first-order valence-electron chi connectivity index (χ1n) is 7.94. The summed E-state index contributed by atoms with van der Waals surface area (Å²) in [6.45, 7) is 8.93. The van der Waals surface area contributed by atoms with Crippen LogP contribution in [-0.2, 0) is 13.1 Å². The number of halogens is 1. The summed E-state index contributed by atoms with van der Waals surface area (Å²) in [7, 11) is 0. The molecule has 0 aliphatic carbocycles. The highest BCUT2D eigenvalue weighted by atomic mass is 79.9. The first kappa shape index (κ1) is 15.7. The molecule has 3 heteroatoms. The fourth-order valence-electron chi connectivity index (χ4n) is 3.02. The van der Waals surface area contributed by atoms with E-state index >= 15 is 0 Å². The minimum Gasteiger partial charge on any atom is -0.297 e. The Labute approximate surface area is 141 Å². The second-order valence-corrected chi connectivity index (χ2v) is 7.08. The van der Waals surface area contributed by atoms with Crippen LogP contribution in [0, 0.1) is 6.92 Å². The van der Waals surface area contributed by atoms with Crippen molar-refractivity contribution in [1.29, 1.82) is 0 Å². The smallest absolute Gasteiger partial charge is 0.0234 e.